The van der Waals surface area contributed by atoms with Gasteiger partial charge in [0.25, 0.3) is 0 Å². The third-order valence-electron chi connectivity index (χ3n) is 1.58. The average molecular weight is 235 g/mol. The molecule has 0 aliphatic rings. The van der Waals surface area contributed by atoms with E-state index in [1.165, 1.54) is 24.3 Å². The summed E-state index contributed by atoms with van der Waals surface area (Å²) in [5.41, 5.74) is 0.0630. The van der Waals surface area contributed by atoms with Crippen LogP contribution in [0, 0.1) is 0 Å². The molecular formula is C8H7F2NO3S. The quantitative estimate of drug-likeness (QED) is 0.815. The maximum absolute atomic E-state index is 12.1. The number of nitrogens with zero attached hydrogens (tertiary/aromatic N) is 1. The summed E-state index contributed by atoms with van der Waals surface area (Å²) in [6.07, 6.45) is 0. The molecule has 1 rings (SSSR count). The van der Waals surface area contributed by atoms with E-state index in [0.717, 1.165) is 0 Å². The van der Waals surface area contributed by atoms with E-state index >= 15 is 0 Å². The Hall–Kier alpha value is -1.50. The van der Waals surface area contributed by atoms with E-state index < -0.39 is 22.5 Å². The van der Waals surface area contributed by atoms with Crippen molar-refractivity contribution in [2.75, 3.05) is 0 Å². The van der Waals surface area contributed by atoms with Crippen molar-refractivity contribution < 1.29 is 21.9 Å². The lowest BCUT2D eigenvalue weighted by molar-refractivity contribution is -0.138. The molecule has 15 heavy (non-hydrogen) atoms. The van der Waals surface area contributed by atoms with Crippen LogP contribution in [-0.4, -0.2) is 15.3 Å². The normalized spacial score (nSPS) is 13.2. The van der Waals surface area contributed by atoms with Gasteiger partial charge in [-0.2, -0.15) is 8.57 Å². The Morgan fingerprint density at radius 3 is 2.27 bits per heavy atom. The highest BCUT2D eigenvalue weighted by Gasteiger charge is 2.21. The molecule has 0 amide bonds. The Morgan fingerprint density at radius 1 is 1.33 bits per heavy atom. The van der Waals surface area contributed by atoms with Crippen molar-refractivity contribution >= 4 is 16.5 Å². The monoisotopic (exact) mass is 235 g/mol. The van der Waals surface area contributed by atoms with Gasteiger partial charge in [-0.3, -0.25) is 0 Å². The second kappa shape index (κ2) is 4.35. The van der Waals surface area contributed by atoms with Gasteiger partial charge in [0, 0.05) is 0 Å². The van der Waals surface area contributed by atoms with Crippen molar-refractivity contribution in [3.8, 4) is 0 Å². The van der Waals surface area contributed by atoms with Crippen LogP contribution in [0.3, 0.4) is 0 Å². The fraction of sp³-hybridized carbons (Fsp3) is 0.125. The lowest BCUT2D eigenvalue weighted by Crippen LogP contribution is -2.09. The Kier molecular flexibility index (Phi) is 3.35. The SMILES string of the molecule is O=C(O)[C@H](N=S(=O)(F)F)c1ccccc1. The van der Waals surface area contributed by atoms with E-state index in [-0.39, 0.29) is 5.56 Å². The van der Waals surface area contributed by atoms with Gasteiger partial charge in [0.2, 0.25) is 0 Å². The summed E-state index contributed by atoms with van der Waals surface area (Å²) < 4.78 is 36.8. The molecule has 4 nitrogen and oxygen atoms in total. The zero-order valence-corrected chi connectivity index (χ0v) is 8.16. The summed E-state index contributed by atoms with van der Waals surface area (Å²) in [7, 11) is -5.42. The van der Waals surface area contributed by atoms with Gasteiger partial charge in [0.05, 0.1) is 0 Å². The summed E-state index contributed by atoms with van der Waals surface area (Å²) in [5, 5.41) is 8.64. The van der Waals surface area contributed by atoms with Gasteiger partial charge >= 0.3 is 16.5 Å². The molecule has 0 saturated carbocycles. The fourth-order valence-electron chi connectivity index (χ4n) is 1.01. The minimum Gasteiger partial charge on any atom is -0.479 e. The summed E-state index contributed by atoms with van der Waals surface area (Å²) in [6.45, 7) is 0. The van der Waals surface area contributed by atoms with E-state index in [4.69, 9.17) is 5.11 Å². The molecule has 0 aliphatic heterocycles. The topological polar surface area (TPSA) is 66.7 Å². The number of hydrogen-bond acceptors (Lipinski definition) is 3. The Balaban J connectivity index is 3.17. The molecular weight excluding hydrogens is 228 g/mol. The maximum atomic E-state index is 12.1. The van der Waals surface area contributed by atoms with Crippen LogP contribution in [0.1, 0.15) is 11.6 Å². The van der Waals surface area contributed by atoms with Crippen molar-refractivity contribution in [1.29, 1.82) is 0 Å². The van der Waals surface area contributed by atoms with Gasteiger partial charge in [-0.25, -0.2) is 4.79 Å². The van der Waals surface area contributed by atoms with Gasteiger partial charge in [0.15, 0.2) is 6.04 Å². The minimum atomic E-state index is -5.42. The third kappa shape index (κ3) is 3.62. The number of halogens is 2. The number of hydrogen-bond donors (Lipinski definition) is 1. The van der Waals surface area contributed by atoms with Crippen molar-refractivity contribution in [3.05, 3.63) is 35.9 Å². The first kappa shape index (κ1) is 11.6. The number of benzene rings is 1. The van der Waals surface area contributed by atoms with Gasteiger partial charge in [0.1, 0.15) is 0 Å². The summed E-state index contributed by atoms with van der Waals surface area (Å²) in [6, 6.07) is 5.43. The molecule has 0 bridgehead atoms. The van der Waals surface area contributed by atoms with Crippen LogP contribution in [0.2, 0.25) is 0 Å². The highest BCUT2D eigenvalue weighted by atomic mass is 32.3. The molecule has 0 unspecified atom stereocenters. The number of rotatable bonds is 3. The van der Waals surface area contributed by atoms with Crippen LogP contribution in [0.15, 0.2) is 34.7 Å². The van der Waals surface area contributed by atoms with Crippen LogP contribution >= 0.6 is 0 Å². The molecule has 1 aromatic rings. The standard InChI is InChI=1S/C8H7F2NO3S/c9-15(10,14)11-7(8(12)13)6-4-2-1-3-5-6/h1-5,7H,(H,12,13)/t7-/m1/s1. The van der Waals surface area contributed by atoms with E-state index in [0.29, 0.717) is 0 Å². The number of carboxylic acid groups (broad SMARTS) is 1. The second-order valence-corrected chi connectivity index (χ2v) is 3.66. The molecule has 1 atom stereocenters. The number of carbonyl (C=O) groups is 1. The predicted molar refractivity (Wildman–Crippen MR) is 49.6 cm³/mol. The lowest BCUT2D eigenvalue weighted by atomic mass is 10.1. The van der Waals surface area contributed by atoms with Crippen LogP contribution in [0.5, 0.6) is 0 Å². The number of carboxylic acids is 1. The van der Waals surface area contributed by atoms with E-state index in [1.807, 2.05) is 0 Å². The Morgan fingerprint density at radius 2 is 1.87 bits per heavy atom. The van der Waals surface area contributed by atoms with Gasteiger partial charge in [-0.15, -0.1) is 0 Å². The van der Waals surface area contributed by atoms with Crippen LogP contribution in [-0.2, 0) is 15.3 Å². The first-order valence-corrected chi connectivity index (χ1v) is 5.15. The molecule has 0 radical (unpaired) electrons. The highest BCUT2D eigenvalue weighted by molar-refractivity contribution is 7.83. The molecule has 0 aromatic heterocycles. The van der Waals surface area contributed by atoms with Crippen LogP contribution in [0.25, 0.3) is 0 Å². The van der Waals surface area contributed by atoms with Crippen molar-refractivity contribution in [3.63, 3.8) is 0 Å². The maximum Gasteiger partial charge on any atom is 0.368 e. The summed E-state index contributed by atoms with van der Waals surface area (Å²) in [4.78, 5) is 10.6. The molecule has 0 saturated heterocycles. The van der Waals surface area contributed by atoms with Gasteiger partial charge in [-0.05, 0) is 5.56 Å². The zero-order valence-electron chi connectivity index (χ0n) is 7.34. The average Bonchev–Trinajstić information content (AvgIpc) is 2.14. The summed E-state index contributed by atoms with van der Waals surface area (Å²) in [5.74, 6) is -1.57. The molecule has 1 aromatic carbocycles. The number of aliphatic carboxylic acids is 1. The molecule has 0 heterocycles. The fourth-order valence-corrected chi connectivity index (χ4v) is 1.46. The van der Waals surface area contributed by atoms with E-state index in [1.54, 1.807) is 6.07 Å². The smallest absolute Gasteiger partial charge is 0.368 e. The van der Waals surface area contributed by atoms with Crippen molar-refractivity contribution in [1.82, 2.24) is 0 Å². The lowest BCUT2D eigenvalue weighted by Gasteiger charge is -2.05. The van der Waals surface area contributed by atoms with Crippen LogP contribution in [0.4, 0.5) is 7.77 Å². The third-order valence-corrected chi connectivity index (χ3v) is 2.03. The largest absolute Gasteiger partial charge is 0.479 e. The van der Waals surface area contributed by atoms with E-state index in [2.05, 4.69) is 4.36 Å². The highest BCUT2D eigenvalue weighted by Crippen LogP contribution is 2.20. The molecule has 82 valence electrons. The van der Waals surface area contributed by atoms with Crippen molar-refractivity contribution in [2.45, 2.75) is 6.04 Å². The van der Waals surface area contributed by atoms with E-state index in [9.17, 15) is 16.8 Å². The molecule has 0 spiro atoms. The first-order valence-electron chi connectivity index (χ1n) is 3.83. The molecule has 7 heteroatoms. The van der Waals surface area contributed by atoms with Crippen molar-refractivity contribution in [2.24, 2.45) is 4.36 Å². The Bertz CT molecular complexity index is 460. The minimum absolute atomic E-state index is 0.0630. The summed E-state index contributed by atoms with van der Waals surface area (Å²) >= 11 is 0. The Labute approximate surface area is 85.3 Å². The zero-order chi connectivity index (χ0) is 11.5. The van der Waals surface area contributed by atoms with Gasteiger partial charge < -0.3 is 5.11 Å². The second-order valence-electron chi connectivity index (χ2n) is 2.65. The molecule has 0 aliphatic carbocycles. The van der Waals surface area contributed by atoms with Crippen LogP contribution < -0.4 is 0 Å². The predicted octanol–water partition coefficient (Wildman–Crippen LogP) is 2.05. The molecule has 1 N–H and O–H groups in total. The molecule has 0 fully saturated rings. The first-order chi connectivity index (χ1) is 6.90. The van der Waals surface area contributed by atoms with Gasteiger partial charge in [-0.1, -0.05) is 38.1 Å².